The molecule has 1 amide bonds. The number of carbonyl (C=O) groups is 1. The van der Waals surface area contributed by atoms with Gasteiger partial charge in [-0.25, -0.2) is 0 Å². The molecule has 2 aromatic carbocycles. The fourth-order valence-corrected chi connectivity index (χ4v) is 3.40. The summed E-state index contributed by atoms with van der Waals surface area (Å²) in [4.78, 5) is 14.7. The molecule has 4 heteroatoms. The van der Waals surface area contributed by atoms with Crippen LogP contribution in [0.1, 0.15) is 29.6 Å². The van der Waals surface area contributed by atoms with Gasteiger partial charge in [0.2, 0.25) is 0 Å². The summed E-state index contributed by atoms with van der Waals surface area (Å²) >= 11 is 0. The van der Waals surface area contributed by atoms with E-state index in [1.807, 2.05) is 53.4 Å². The van der Waals surface area contributed by atoms with Crippen molar-refractivity contribution in [3.8, 4) is 16.9 Å². The van der Waals surface area contributed by atoms with Crippen LogP contribution in [0.5, 0.6) is 5.75 Å². The molecule has 26 heavy (non-hydrogen) atoms. The van der Waals surface area contributed by atoms with Crippen LogP contribution in [0.4, 0.5) is 0 Å². The Balaban J connectivity index is 1.39. The van der Waals surface area contributed by atoms with E-state index in [0.29, 0.717) is 6.54 Å². The van der Waals surface area contributed by atoms with Gasteiger partial charge in [-0.15, -0.1) is 0 Å². The summed E-state index contributed by atoms with van der Waals surface area (Å²) in [5.74, 6) is 1.69. The predicted molar refractivity (Wildman–Crippen MR) is 101 cm³/mol. The number of carbonyl (C=O) groups excluding carboxylic acids is 1. The Morgan fingerprint density at radius 2 is 1.88 bits per heavy atom. The van der Waals surface area contributed by atoms with Gasteiger partial charge in [-0.1, -0.05) is 24.3 Å². The summed E-state index contributed by atoms with van der Waals surface area (Å²) in [5.41, 5.74) is 2.89. The topological polar surface area (TPSA) is 38.8 Å². The average molecular weight is 351 g/mol. The quantitative estimate of drug-likeness (QED) is 0.789. The number of nitrogens with zero attached hydrogens (tertiary/aromatic N) is 1. The third-order valence-electron chi connectivity index (χ3n) is 5.23. The normalized spacial score (nSPS) is 19.6. The smallest absolute Gasteiger partial charge is 0.253 e. The van der Waals surface area contributed by atoms with Crippen LogP contribution in [0.25, 0.3) is 11.1 Å². The van der Waals surface area contributed by atoms with Gasteiger partial charge in [0.15, 0.2) is 0 Å². The monoisotopic (exact) mass is 351 g/mol. The molecular formula is C22H25NO3. The Kier molecular flexibility index (Phi) is 4.93. The summed E-state index contributed by atoms with van der Waals surface area (Å²) < 4.78 is 11.2. The van der Waals surface area contributed by atoms with E-state index in [9.17, 15) is 4.79 Å². The van der Waals surface area contributed by atoms with E-state index in [0.717, 1.165) is 47.9 Å². The zero-order valence-electron chi connectivity index (χ0n) is 15.2. The number of likely N-dealkylation sites (tertiary alicyclic amines) is 1. The van der Waals surface area contributed by atoms with Crippen molar-refractivity contribution in [2.45, 2.75) is 25.4 Å². The first kappa shape index (κ1) is 17.1. The highest BCUT2D eigenvalue weighted by molar-refractivity contribution is 5.95. The summed E-state index contributed by atoms with van der Waals surface area (Å²) in [7, 11) is 1.67. The Hall–Kier alpha value is -2.33. The Bertz CT molecular complexity index is 767. The van der Waals surface area contributed by atoms with Crippen molar-refractivity contribution >= 4 is 5.91 Å². The fraction of sp³-hybridized carbons (Fsp3) is 0.409. The number of hydrogen-bond donors (Lipinski definition) is 0. The predicted octanol–water partition coefficient (Wildman–Crippen LogP) is 4.00. The molecule has 0 N–H and O–H groups in total. The lowest BCUT2D eigenvalue weighted by atomic mass is 10.0. The van der Waals surface area contributed by atoms with Gasteiger partial charge in [-0.2, -0.15) is 0 Å². The SMILES string of the molecule is COc1cccc(-c2ccc(C(=O)N3CC[C@@H](OCC4CC4)C3)cc2)c1. The molecule has 136 valence electrons. The summed E-state index contributed by atoms with van der Waals surface area (Å²) in [6.07, 6.45) is 3.75. The van der Waals surface area contributed by atoms with Gasteiger partial charge in [0.25, 0.3) is 5.91 Å². The minimum atomic E-state index is 0.0970. The summed E-state index contributed by atoms with van der Waals surface area (Å²) in [6, 6.07) is 15.8. The third kappa shape index (κ3) is 3.91. The molecular weight excluding hydrogens is 326 g/mol. The van der Waals surface area contributed by atoms with Gasteiger partial charge < -0.3 is 14.4 Å². The number of rotatable bonds is 6. The molecule has 0 aromatic heterocycles. The summed E-state index contributed by atoms with van der Waals surface area (Å²) in [6.45, 7) is 2.36. The highest BCUT2D eigenvalue weighted by Gasteiger charge is 2.29. The second kappa shape index (κ2) is 7.50. The second-order valence-electron chi connectivity index (χ2n) is 7.25. The van der Waals surface area contributed by atoms with Crippen LogP contribution in [-0.4, -0.2) is 43.7 Å². The molecule has 1 aliphatic carbocycles. The molecule has 2 aliphatic rings. The largest absolute Gasteiger partial charge is 0.497 e. The molecule has 1 atom stereocenters. The molecule has 0 radical (unpaired) electrons. The van der Waals surface area contributed by atoms with E-state index in [4.69, 9.17) is 9.47 Å². The van der Waals surface area contributed by atoms with Gasteiger partial charge in [0, 0.05) is 25.3 Å². The zero-order valence-corrected chi connectivity index (χ0v) is 15.2. The van der Waals surface area contributed by atoms with Crippen LogP contribution in [0.2, 0.25) is 0 Å². The number of hydrogen-bond acceptors (Lipinski definition) is 3. The van der Waals surface area contributed by atoms with Crippen molar-refractivity contribution < 1.29 is 14.3 Å². The van der Waals surface area contributed by atoms with Crippen LogP contribution >= 0.6 is 0 Å². The first-order valence-corrected chi connectivity index (χ1v) is 9.38. The first-order chi connectivity index (χ1) is 12.7. The van der Waals surface area contributed by atoms with Gasteiger partial charge in [-0.05, 0) is 60.6 Å². The van der Waals surface area contributed by atoms with Gasteiger partial charge in [0.1, 0.15) is 5.75 Å². The van der Waals surface area contributed by atoms with E-state index >= 15 is 0 Å². The average Bonchev–Trinajstić information content (AvgIpc) is 3.41. The third-order valence-corrected chi connectivity index (χ3v) is 5.23. The lowest BCUT2D eigenvalue weighted by Gasteiger charge is -2.17. The van der Waals surface area contributed by atoms with Crippen LogP contribution < -0.4 is 4.74 Å². The number of amides is 1. The highest BCUT2D eigenvalue weighted by atomic mass is 16.5. The molecule has 0 spiro atoms. The minimum absolute atomic E-state index is 0.0970. The van der Waals surface area contributed by atoms with Gasteiger partial charge >= 0.3 is 0 Å². The fourth-order valence-electron chi connectivity index (χ4n) is 3.40. The maximum Gasteiger partial charge on any atom is 0.253 e. The van der Waals surface area contributed by atoms with Crippen molar-refractivity contribution in [1.82, 2.24) is 4.90 Å². The maximum absolute atomic E-state index is 12.7. The Morgan fingerprint density at radius 1 is 1.08 bits per heavy atom. The van der Waals surface area contributed by atoms with E-state index < -0.39 is 0 Å². The number of methoxy groups -OCH3 is 1. The first-order valence-electron chi connectivity index (χ1n) is 9.38. The Labute approximate surface area is 154 Å². The molecule has 0 bridgehead atoms. The van der Waals surface area contributed by atoms with Gasteiger partial charge in [-0.3, -0.25) is 4.79 Å². The maximum atomic E-state index is 12.7. The molecule has 4 rings (SSSR count). The standard InChI is InChI=1S/C22H25NO3/c1-25-20-4-2-3-19(13-20)17-7-9-18(10-8-17)22(24)23-12-11-21(14-23)26-15-16-5-6-16/h2-4,7-10,13,16,21H,5-6,11-12,14-15H2,1H3/t21-/m1/s1. The van der Waals surface area contributed by atoms with E-state index in [2.05, 4.69) is 0 Å². The zero-order chi connectivity index (χ0) is 17.9. The van der Waals surface area contributed by atoms with Crippen molar-refractivity contribution in [3.05, 3.63) is 54.1 Å². The van der Waals surface area contributed by atoms with Crippen LogP contribution in [0.15, 0.2) is 48.5 Å². The number of ether oxygens (including phenoxy) is 2. The molecule has 2 aromatic rings. The lowest BCUT2D eigenvalue weighted by molar-refractivity contribution is 0.0480. The van der Waals surface area contributed by atoms with Crippen molar-refractivity contribution in [3.63, 3.8) is 0 Å². The van der Waals surface area contributed by atoms with E-state index in [1.54, 1.807) is 7.11 Å². The summed E-state index contributed by atoms with van der Waals surface area (Å²) in [5, 5.41) is 0. The highest BCUT2D eigenvalue weighted by Crippen LogP contribution is 2.30. The minimum Gasteiger partial charge on any atom is -0.497 e. The van der Waals surface area contributed by atoms with Crippen LogP contribution in [0, 0.1) is 5.92 Å². The Morgan fingerprint density at radius 3 is 2.62 bits per heavy atom. The molecule has 1 saturated carbocycles. The van der Waals surface area contributed by atoms with E-state index in [-0.39, 0.29) is 12.0 Å². The second-order valence-corrected chi connectivity index (χ2v) is 7.25. The van der Waals surface area contributed by atoms with E-state index in [1.165, 1.54) is 12.8 Å². The molecule has 2 fully saturated rings. The van der Waals surface area contributed by atoms with Crippen LogP contribution in [0.3, 0.4) is 0 Å². The molecule has 1 aliphatic heterocycles. The van der Waals surface area contributed by atoms with Crippen LogP contribution in [-0.2, 0) is 4.74 Å². The molecule has 0 unspecified atom stereocenters. The van der Waals surface area contributed by atoms with Crippen molar-refractivity contribution in [1.29, 1.82) is 0 Å². The molecule has 1 heterocycles. The van der Waals surface area contributed by atoms with Crippen molar-refractivity contribution in [2.75, 3.05) is 26.8 Å². The molecule has 4 nitrogen and oxygen atoms in total. The number of benzene rings is 2. The van der Waals surface area contributed by atoms with Crippen molar-refractivity contribution in [2.24, 2.45) is 5.92 Å². The van der Waals surface area contributed by atoms with Gasteiger partial charge in [0.05, 0.1) is 13.2 Å². The lowest BCUT2D eigenvalue weighted by Crippen LogP contribution is -2.30. The molecule has 1 saturated heterocycles.